The van der Waals surface area contributed by atoms with E-state index in [0.29, 0.717) is 5.89 Å². The van der Waals surface area contributed by atoms with Gasteiger partial charge in [0, 0.05) is 31.5 Å². The lowest BCUT2D eigenvalue weighted by Gasteiger charge is -2.46. The lowest BCUT2D eigenvalue weighted by Crippen LogP contribution is -2.49. The molecule has 2 aromatic heterocycles. The van der Waals surface area contributed by atoms with Crippen LogP contribution in [0, 0.1) is 5.92 Å². The highest BCUT2D eigenvalue weighted by molar-refractivity contribution is 5.44. The molecule has 0 spiro atoms. The van der Waals surface area contributed by atoms with Crippen LogP contribution in [0.25, 0.3) is 0 Å². The van der Waals surface area contributed by atoms with Crippen LogP contribution in [0.3, 0.4) is 0 Å². The molecule has 28 heavy (non-hydrogen) atoms. The van der Waals surface area contributed by atoms with E-state index in [-0.39, 0.29) is 0 Å². The summed E-state index contributed by atoms with van der Waals surface area (Å²) >= 11 is 0. The van der Waals surface area contributed by atoms with Gasteiger partial charge in [0.1, 0.15) is 0 Å². The SMILES string of the molecule is c1ccc(C(CCN2CC3CCC2CC3)(c2ccncc2)c2nnco2)cc1. The summed E-state index contributed by atoms with van der Waals surface area (Å²) in [7, 11) is 0. The summed E-state index contributed by atoms with van der Waals surface area (Å²) in [5.74, 6) is 1.53. The average molecular weight is 374 g/mol. The summed E-state index contributed by atoms with van der Waals surface area (Å²) in [5.41, 5.74) is 1.88. The summed E-state index contributed by atoms with van der Waals surface area (Å²) in [6, 6.07) is 15.5. The second-order valence-electron chi connectivity index (χ2n) is 8.17. The molecule has 144 valence electrons. The van der Waals surface area contributed by atoms with Gasteiger partial charge in [0.25, 0.3) is 0 Å². The summed E-state index contributed by atoms with van der Waals surface area (Å²) in [4.78, 5) is 6.94. The number of hydrogen-bond donors (Lipinski definition) is 0. The zero-order valence-electron chi connectivity index (χ0n) is 16.1. The highest BCUT2D eigenvalue weighted by Gasteiger charge is 2.42. The van der Waals surface area contributed by atoms with Gasteiger partial charge >= 0.3 is 0 Å². The quantitative estimate of drug-likeness (QED) is 0.651. The van der Waals surface area contributed by atoms with E-state index >= 15 is 0 Å². The molecule has 2 saturated heterocycles. The molecule has 2 bridgehead atoms. The van der Waals surface area contributed by atoms with Crippen LogP contribution in [0.5, 0.6) is 0 Å². The summed E-state index contributed by atoms with van der Waals surface area (Å²) in [5, 5.41) is 8.42. The number of aromatic nitrogens is 3. The van der Waals surface area contributed by atoms with Crippen molar-refractivity contribution >= 4 is 0 Å². The topological polar surface area (TPSA) is 55.1 Å². The first-order valence-corrected chi connectivity index (χ1v) is 10.3. The van der Waals surface area contributed by atoms with Gasteiger partial charge in [0.2, 0.25) is 12.3 Å². The first-order chi connectivity index (χ1) is 13.9. The minimum Gasteiger partial charge on any atom is -0.427 e. The zero-order valence-corrected chi connectivity index (χ0v) is 16.1. The predicted octanol–water partition coefficient (Wildman–Crippen LogP) is 4.06. The van der Waals surface area contributed by atoms with Crippen LogP contribution >= 0.6 is 0 Å². The molecule has 1 aromatic carbocycles. The van der Waals surface area contributed by atoms with E-state index < -0.39 is 5.41 Å². The lowest BCUT2D eigenvalue weighted by molar-refractivity contribution is 0.0445. The van der Waals surface area contributed by atoms with Crippen molar-refractivity contribution in [1.29, 1.82) is 0 Å². The highest BCUT2D eigenvalue weighted by atomic mass is 16.4. The van der Waals surface area contributed by atoms with Gasteiger partial charge in [-0.25, -0.2) is 0 Å². The van der Waals surface area contributed by atoms with Crippen LogP contribution < -0.4 is 0 Å². The monoisotopic (exact) mass is 374 g/mol. The molecule has 0 radical (unpaired) electrons. The molecule has 4 heterocycles. The summed E-state index contributed by atoms with van der Waals surface area (Å²) < 4.78 is 5.85. The molecule has 6 rings (SSSR count). The number of piperidine rings is 2. The molecule has 5 nitrogen and oxygen atoms in total. The minimum atomic E-state index is -0.461. The maximum absolute atomic E-state index is 5.85. The van der Waals surface area contributed by atoms with Crippen molar-refractivity contribution in [3.63, 3.8) is 0 Å². The molecule has 1 unspecified atom stereocenters. The molecule has 1 atom stereocenters. The van der Waals surface area contributed by atoms with Crippen LogP contribution in [0.2, 0.25) is 0 Å². The van der Waals surface area contributed by atoms with E-state index in [1.165, 1.54) is 44.2 Å². The van der Waals surface area contributed by atoms with Crippen molar-refractivity contribution in [1.82, 2.24) is 20.1 Å². The van der Waals surface area contributed by atoms with E-state index in [1.807, 2.05) is 12.4 Å². The van der Waals surface area contributed by atoms with Crippen LogP contribution in [0.4, 0.5) is 0 Å². The lowest BCUT2D eigenvalue weighted by atomic mass is 9.71. The van der Waals surface area contributed by atoms with Crippen molar-refractivity contribution in [2.75, 3.05) is 13.1 Å². The molecule has 0 amide bonds. The van der Waals surface area contributed by atoms with Gasteiger partial charge in [0.15, 0.2) is 0 Å². The van der Waals surface area contributed by atoms with E-state index in [2.05, 4.69) is 62.5 Å². The Bertz CT molecular complexity index is 834. The Morgan fingerprint density at radius 1 is 0.964 bits per heavy atom. The van der Waals surface area contributed by atoms with Gasteiger partial charge in [-0.1, -0.05) is 30.3 Å². The van der Waals surface area contributed by atoms with Crippen LogP contribution in [-0.4, -0.2) is 39.2 Å². The fourth-order valence-corrected chi connectivity index (χ4v) is 5.29. The number of rotatable bonds is 6. The minimum absolute atomic E-state index is 0.461. The van der Waals surface area contributed by atoms with Gasteiger partial charge in [-0.15, -0.1) is 10.2 Å². The van der Waals surface area contributed by atoms with Crippen molar-refractivity contribution in [3.8, 4) is 0 Å². The third-order valence-corrected chi connectivity index (χ3v) is 6.76. The van der Waals surface area contributed by atoms with Crippen molar-refractivity contribution in [3.05, 3.63) is 78.3 Å². The van der Waals surface area contributed by atoms with Gasteiger partial charge in [-0.05, 0) is 61.3 Å². The standard InChI is InChI=1S/C23H26N4O/c1-2-4-19(5-3-1)23(22-26-25-17-28-22,20-10-13-24-14-11-20)12-15-27-16-18-6-8-21(27)9-7-18/h1-5,10-11,13-14,17-18,21H,6-9,12,15-16H2. The van der Waals surface area contributed by atoms with Crippen molar-refractivity contribution in [2.45, 2.75) is 43.6 Å². The maximum Gasteiger partial charge on any atom is 0.231 e. The summed E-state index contributed by atoms with van der Waals surface area (Å²) in [6.45, 7) is 2.26. The fraction of sp³-hybridized carbons (Fsp3) is 0.435. The Balaban J connectivity index is 1.56. The van der Waals surface area contributed by atoms with E-state index in [0.717, 1.165) is 30.5 Å². The molecule has 1 saturated carbocycles. The number of nitrogens with zero attached hydrogens (tertiary/aromatic N) is 4. The van der Waals surface area contributed by atoms with Crippen molar-refractivity contribution in [2.24, 2.45) is 5.92 Å². The van der Waals surface area contributed by atoms with Crippen LogP contribution in [-0.2, 0) is 5.41 Å². The Hall–Kier alpha value is -2.53. The van der Waals surface area contributed by atoms with Crippen molar-refractivity contribution < 1.29 is 4.42 Å². The number of pyridine rings is 1. The van der Waals surface area contributed by atoms with Crippen LogP contribution in [0.1, 0.15) is 49.1 Å². The van der Waals surface area contributed by atoms with Gasteiger partial charge in [-0.3, -0.25) is 4.98 Å². The Morgan fingerprint density at radius 2 is 1.71 bits per heavy atom. The molecular formula is C23H26N4O. The Labute approximate surface area is 165 Å². The Morgan fingerprint density at radius 3 is 2.36 bits per heavy atom. The highest BCUT2D eigenvalue weighted by Crippen LogP contribution is 2.42. The molecule has 5 heteroatoms. The average Bonchev–Trinajstić information content (AvgIpc) is 3.32. The molecule has 3 aromatic rings. The zero-order chi connectivity index (χ0) is 18.8. The maximum atomic E-state index is 5.85. The van der Waals surface area contributed by atoms with E-state index in [1.54, 1.807) is 0 Å². The number of hydrogen-bond acceptors (Lipinski definition) is 5. The second kappa shape index (κ2) is 7.47. The third kappa shape index (κ3) is 3.04. The third-order valence-electron chi connectivity index (χ3n) is 6.76. The fourth-order valence-electron chi connectivity index (χ4n) is 5.29. The smallest absolute Gasteiger partial charge is 0.231 e. The second-order valence-corrected chi connectivity index (χ2v) is 8.17. The summed E-state index contributed by atoms with van der Waals surface area (Å²) in [6.07, 6.45) is 11.6. The van der Waals surface area contributed by atoms with Gasteiger partial charge in [-0.2, -0.15) is 0 Å². The largest absolute Gasteiger partial charge is 0.427 e. The molecule has 1 aliphatic carbocycles. The first-order valence-electron chi connectivity index (χ1n) is 10.3. The molecular weight excluding hydrogens is 348 g/mol. The first kappa shape index (κ1) is 17.6. The molecule has 2 aliphatic heterocycles. The normalized spacial score (nSPS) is 24.1. The van der Waals surface area contributed by atoms with E-state index in [4.69, 9.17) is 4.42 Å². The number of fused-ring (bicyclic) bond motifs is 3. The Kier molecular flexibility index (Phi) is 4.69. The van der Waals surface area contributed by atoms with E-state index in [9.17, 15) is 0 Å². The van der Waals surface area contributed by atoms with Gasteiger partial charge in [0.05, 0.1) is 5.41 Å². The van der Waals surface area contributed by atoms with Crippen LogP contribution in [0.15, 0.2) is 65.7 Å². The molecule has 0 N–H and O–H groups in total. The number of benzene rings is 1. The molecule has 3 fully saturated rings. The predicted molar refractivity (Wildman–Crippen MR) is 107 cm³/mol. The van der Waals surface area contributed by atoms with Gasteiger partial charge < -0.3 is 9.32 Å². The molecule has 3 aliphatic rings.